The number of rotatable bonds is 9. The average molecular weight is 451 g/mol. The zero-order valence-corrected chi connectivity index (χ0v) is 19.7. The molecule has 0 saturated heterocycles. The van der Waals surface area contributed by atoms with Gasteiger partial charge in [-0.2, -0.15) is 8.42 Å². The molecule has 9 heteroatoms. The second kappa shape index (κ2) is 11.4. The third-order valence-corrected chi connectivity index (χ3v) is 4.99. The van der Waals surface area contributed by atoms with E-state index < -0.39 is 21.3 Å². The Balaban J connectivity index is 0.00000341. The van der Waals surface area contributed by atoms with Gasteiger partial charge >= 0.3 is 29.6 Å². The van der Waals surface area contributed by atoms with Crippen molar-refractivity contribution < 1.29 is 61.9 Å². The van der Waals surface area contributed by atoms with Crippen LogP contribution in [0.5, 0.6) is 11.5 Å². The molecule has 7 nitrogen and oxygen atoms in total. The zero-order chi connectivity index (χ0) is 21.6. The molecule has 1 atom stereocenters. The van der Waals surface area contributed by atoms with E-state index in [4.69, 9.17) is 14.0 Å². The molecule has 0 spiro atoms. The van der Waals surface area contributed by atoms with E-state index in [9.17, 15) is 18.3 Å². The van der Waals surface area contributed by atoms with Crippen LogP contribution in [-0.2, 0) is 23.3 Å². The van der Waals surface area contributed by atoms with Gasteiger partial charge in [-0.15, -0.1) is 0 Å². The zero-order valence-electron chi connectivity index (χ0n) is 16.8. The molecule has 0 fully saturated rings. The van der Waals surface area contributed by atoms with Gasteiger partial charge in [0.25, 0.3) is 10.1 Å². The number of hydrogen-bond donors (Lipinski definition) is 2. The number of hydrogen-bond acceptors (Lipinski definition) is 6. The number of ether oxygens (including phenoxy) is 2. The van der Waals surface area contributed by atoms with E-state index in [2.05, 4.69) is 0 Å². The molecule has 1 unspecified atom stereocenters. The van der Waals surface area contributed by atoms with Crippen molar-refractivity contribution in [3.05, 3.63) is 95.6 Å². The van der Waals surface area contributed by atoms with Gasteiger partial charge in [0, 0.05) is 5.56 Å². The Kier molecular flexibility index (Phi) is 9.24. The van der Waals surface area contributed by atoms with E-state index in [-0.39, 0.29) is 54.1 Å². The molecule has 0 aliphatic rings. The second-order valence-corrected chi connectivity index (χ2v) is 7.92. The Morgan fingerprint density at radius 2 is 1.29 bits per heavy atom. The van der Waals surface area contributed by atoms with Gasteiger partial charge in [-0.05, 0) is 29.3 Å². The normalized spacial score (nSPS) is 11.8. The number of ketones is 1. The number of benzene rings is 3. The maximum Gasteiger partial charge on any atom is 1.00 e. The minimum atomic E-state index is -4.94. The van der Waals surface area contributed by atoms with Crippen LogP contribution in [0.3, 0.4) is 0 Å². The number of aliphatic hydroxyl groups is 1. The first-order chi connectivity index (χ1) is 14.3. The molecule has 3 rings (SSSR count). The van der Waals surface area contributed by atoms with Gasteiger partial charge in [-0.3, -0.25) is 9.35 Å². The standard InChI is InChI=1S/C22H20O7S.Na/c23-21(22(24)30(25,26)27)18-11-12-19(28-14-16-7-3-1-4-8-16)20(13-18)29-15-17-9-5-2-6-10-17;/h1-13,22,24H,14-15H2,(H,25,26,27);/q;+1. The van der Waals surface area contributed by atoms with Crippen molar-refractivity contribution >= 4 is 15.9 Å². The van der Waals surface area contributed by atoms with E-state index in [0.29, 0.717) is 5.75 Å². The van der Waals surface area contributed by atoms with E-state index in [1.807, 2.05) is 60.7 Å². The van der Waals surface area contributed by atoms with E-state index in [0.717, 1.165) is 11.1 Å². The second-order valence-electron chi connectivity index (χ2n) is 6.44. The fourth-order valence-electron chi connectivity index (χ4n) is 2.64. The van der Waals surface area contributed by atoms with Crippen molar-refractivity contribution in [2.45, 2.75) is 18.6 Å². The largest absolute Gasteiger partial charge is 1.00 e. The summed E-state index contributed by atoms with van der Waals surface area (Å²) in [5.74, 6) is -0.632. The summed E-state index contributed by atoms with van der Waals surface area (Å²) in [6.45, 7) is 0.435. The van der Waals surface area contributed by atoms with Crippen molar-refractivity contribution in [1.29, 1.82) is 0 Å². The van der Waals surface area contributed by atoms with Gasteiger partial charge in [-0.1, -0.05) is 60.7 Å². The smallest absolute Gasteiger partial charge is 0.485 e. The first-order valence-electron chi connectivity index (χ1n) is 9.00. The first-order valence-corrected chi connectivity index (χ1v) is 10.5. The van der Waals surface area contributed by atoms with E-state index >= 15 is 0 Å². The summed E-state index contributed by atoms with van der Waals surface area (Å²) < 4.78 is 42.7. The third kappa shape index (κ3) is 7.17. The van der Waals surface area contributed by atoms with Crippen LogP contribution in [0.4, 0.5) is 0 Å². The molecule has 0 aliphatic heterocycles. The molecule has 0 aromatic heterocycles. The van der Waals surface area contributed by atoms with Crippen molar-refractivity contribution in [2.24, 2.45) is 0 Å². The monoisotopic (exact) mass is 451 g/mol. The van der Waals surface area contributed by atoms with Crippen LogP contribution in [0.15, 0.2) is 78.9 Å². The number of carbonyl (C=O) groups excluding carboxylic acids is 1. The van der Waals surface area contributed by atoms with Crippen LogP contribution in [0.2, 0.25) is 0 Å². The summed E-state index contributed by atoms with van der Waals surface area (Å²) in [7, 11) is -4.94. The van der Waals surface area contributed by atoms with Gasteiger partial charge in [0.05, 0.1) is 0 Å². The molecule has 0 saturated carbocycles. The van der Waals surface area contributed by atoms with Crippen LogP contribution in [-0.4, -0.2) is 29.3 Å². The molecule has 3 aromatic rings. The van der Waals surface area contributed by atoms with E-state index in [1.165, 1.54) is 18.2 Å². The molecule has 0 radical (unpaired) electrons. The summed E-state index contributed by atoms with van der Waals surface area (Å²) in [5.41, 5.74) is -0.916. The molecule has 31 heavy (non-hydrogen) atoms. The molecular formula is C22H20NaO7S+. The summed E-state index contributed by atoms with van der Waals surface area (Å²) >= 11 is 0. The Bertz CT molecular complexity index is 1100. The Hall–Kier alpha value is -2.20. The minimum absolute atomic E-state index is 0. The molecule has 3 aromatic carbocycles. The SMILES string of the molecule is O=C(c1ccc(OCc2ccccc2)c(OCc2ccccc2)c1)C(O)S(=O)(=O)O.[Na+]. The molecule has 0 heterocycles. The van der Waals surface area contributed by atoms with Crippen LogP contribution in [0.1, 0.15) is 21.5 Å². The number of aliphatic hydroxyl groups excluding tert-OH is 1. The predicted octanol–water partition coefficient (Wildman–Crippen LogP) is 0.238. The Morgan fingerprint density at radius 1 is 0.806 bits per heavy atom. The molecule has 0 bridgehead atoms. The van der Waals surface area contributed by atoms with Gasteiger partial charge in [0.1, 0.15) is 13.2 Å². The van der Waals surface area contributed by atoms with Gasteiger partial charge in [0.2, 0.25) is 11.2 Å². The molecule has 156 valence electrons. The Labute approximate surface area is 202 Å². The van der Waals surface area contributed by atoms with Gasteiger partial charge in [0.15, 0.2) is 11.5 Å². The number of Topliss-reactive ketones (excluding diaryl/α,β-unsaturated/α-hetero) is 1. The van der Waals surface area contributed by atoms with E-state index in [1.54, 1.807) is 0 Å². The van der Waals surface area contributed by atoms with Crippen LogP contribution >= 0.6 is 0 Å². The molecule has 0 aliphatic carbocycles. The van der Waals surface area contributed by atoms with Crippen LogP contribution < -0.4 is 39.0 Å². The van der Waals surface area contributed by atoms with Crippen LogP contribution in [0, 0.1) is 0 Å². The molecule has 0 amide bonds. The number of carbonyl (C=O) groups is 1. The third-order valence-electron chi connectivity index (χ3n) is 4.21. The Morgan fingerprint density at radius 3 is 1.77 bits per heavy atom. The minimum Gasteiger partial charge on any atom is -0.485 e. The fraction of sp³-hybridized carbons (Fsp3) is 0.136. The van der Waals surface area contributed by atoms with Gasteiger partial charge < -0.3 is 14.6 Å². The summed E-state index contributed by atoms with van der Waals surface area (Å²) in [4.78, 5) is 12.2. The van der Waals surface area contributed by atoms with Crippen molar-refractivity contribution in [3.63, 3.8) is 0 Å². The maximum atomic E-state index is 12.2. The average Bonchev–Trinajstić information content (AvgIpc) is 2.76. The summed E-state index contributed by atoms with van der Waals surface area (Å²) in [6.07, 6.45) is 0. The maximum absolute atomic E-state index is 12.2. The van der Waals surface area contributed by atoms with Crippen molar-refractivity contribution in [1.82, 2.24) is 0 Å². The summed E-state index contributed by atoms with van der Waals surface area (Å²) in [6, 6.07) is 22.8. The van der Waals surface area contributed by atoms with Gasteiger partial charge in [-0.25, -0.2) is 0 Å². The quantitative estimate of drug-likeness (QED) is 0.272. The molecule has 2 N–H and O–H groups in total. The topological polar surface area (TPSA) is 110 Å². The fourth-order valence-corrected chi connectivity index (χ4v) is 3.05. The molecular weight excluding hydrogens is 431 g/mol. The summed E-state index contributed by atoms with van der Waals surface area (Å²) in [5, 5.41) is 9.57. The predicted molar refractivity (Wildman–Crippen MR) is 110 cm³/mol. The van der Waals surface area contributed by atoms with Crippen molar-refractivity contribution in [2.75, 3.05) is 0 Å². The van der Waals surface area contributed by atoms with Crippen molar-refractivity contribution in [3.8, 4) is 11.5 Å². The van der Waals surface area contributed by atoms with Crippen LogP contribution in [0.25, 0.3) is 0 Å². The first kappa shape index (κ1) is 25.1.